The lowest BCUT2D eigenvalue weighted by molar-refractivity contribution is -0.150. The second-order valence-corrected chi connectivity index (χ2v) is 6.55. The van der Waals surface area contributed by atoms with Gasteiger partial charge in [0.25, 0.3) is 5.91 Å². The molecule has 0 saturated heterocycles. The normalized spacial score (nSPS) is 11.3. The summed E-state index contributed by atoms with van der Waals surface area (Å²) in [5.41, 5.74) is 1.93. The summed E-state index contributed by atoms with van der Waals surface area (Å²) >= 11 is 6.22. The van der Waals surface area contributed by atoms with E-state index in [0.29, 0.717) is 17.3 Å². The lowest BCUT2D eigenvalue weighted by Crippen LogP contribution is -2.46. The van der Waals surface area contributed by atoms with Crippen LogP contribution in [0.3, 0.4) is 0 Å². The van der Waals surface area contributed by atoms with Crippen molar-refractivity contribution in [3.63, 3.8) is 0 Å². The van der Waals surface area contributed by atoms with Crippen molar-refractivity contribution in [3.8, 4) is 16.9 Å². The molecule has 2 amide bonds. The maximum atomic E-state index is 11.8. The van der Waals surface area contributed by atoms with Crippen LogP contribution < -0.4 is 15.4 Å². The van der Waals surface area contributed by atoms with Crippen LogP contribution in [0.5, 0.6) is 5.75 Å². The molecule has 0 unspecified atom stereocenters. The second-order valence-electron chi connectivity index (χ2n) is 6.14. The summed E-state index contributed by atoms with van der Waals surface area (Å²) in [6, 6.07) is 14.2. The summed E-state index contributed by atoms with van der Waals surface area (Å²) < 4.78 is 10.2. The highest BCUT2D eigenvalue weighted by atomic mass is 35.5. The number of likely N-dealkylation sites (N-methyl/N-ethyl adjacent to an activating group) is 1. The Morgan fingerprint density at radius 3 is 2.41 bits per heavy atom. The molecule has 0 heterocycles. The number of carbonyl (C=O) groups excluding carboxylic acids is 3. The third kappa shape index (κ3) is 7.12. The molecule has 7 nitrogen and oxygen atoms in total. The van der Waals surface area contributed by atoms with Crippen LogP contribution in [0.15, 0.2) is 48.5 Å². The van der Waals surface area contributed by atoms with Gasteiger partial charge in [-0.25, -0.2) is 4.79 Å². The molecule has 29 heavy (non-hydrogen) atoms. The molecular formula is C21H23ClN2O5. The van der Waals surface area contributed by atoms with Gasteiger partial charge in [-0.05, 0) is 37.1 Å². The van der Waals surface area contributed by atoms with Crippen LogP contribution in [0.4, 0.5) is 0 Å². The first-order valence-electron chi connectivity index (χ1n) is 9.11. The smallest absolute Gasteiger partial charge is 0.344 e. The number of carbonyl (C=O) groups is 3. The SMILES string of the molecule is CCNC(=O)[C@H](C)NC(=O)COC(=O)COc1ccc(-c2ccccc2)cc1Cl. The Bertz CT molecular complexity index is 857. The average Bonchev–Trinajstić information content (AvgIpc) is 2.72. The van der Waals surface area contributed by atoms with Gasteiger partial charge in [-0.1, -0.05) is 48.0 Å². The fourth-order valence-electron chi connectivity index (χ4n) is 2.43. The minimum Gasteiger partial charge on any atom is -0.480 e. The first-order valence-corrected chi connectivity index (χ1v) is 9.49. The first kappa shape index (κ1) is 22.2. The van der Waals surface area contributed by atoms with E-state index < -0.39 is 31.1 Å². The topological polar surface area (TPSA) is 93.7 Å². The van der Waals surface area contributed by atoms with Crippen molar-refractivity contribution in [2.75, 3.05) is 19.8 Å². The molecule has 0 aliphatic carbocycles. The molecular weight excluding hydrogens is 396 g/mol. The number of rotatable bonds is 9. The van der Waals surface area contributed by atoms with Crippen molar-refractivity contribution in [1.29, 1.82) is 0 Å². The van der Waals surface area contributed by atoms with Gasteiger partial charge in [0, 0.05) is 6.54 Å². The summed E-state index contributed by atoms with van der Waals surface area (Å²) in [5.74, 6) is -1.29. The molecule has 2 rings (SSSR count). The minimum absolute atomic E-state index is 0.316. The van der Waals surface area contributed by atoms with Gasteiger partial charge in [0.15, 0.2) is 13.2 Å². The van der Waals surface area contributed by atoms with E-state index >= 15 is 0 Å². The van der Waals surface area contributed by atoms with Crippen molar-refractivity contribution in [2.45, 2.75) is 19.9 Å². The molecule has 0 aromatic heterocycles. The van der Waals surface area contributed by atoms with Gasteiger partial charge in [0.1, 0.15) is 11.8 Å². The Morgan fingerprint density at radius 2 is 1.76 bits per heavy atom. The fraction of sp³-hybridized carbons (Fsp3) is 0.286. The fourth-order valence-corrected chi connectivity index (χ4v) is 2.66. The average molecular weight is 419 g/mol. The van der Waals surface area contributed by atoms with Crippen molar-refractivity contribution in [1.82, 2.24) is 10.6 Å². The van der Waals surface area contributed by atoms with Gasteiger partial charge in [0.2, 0.25) is 5.91 Å². The molecule has 0 aliphatic rings. The minimum atomic E-state index is -0.728. The van der Waals surface area contributed by atoms with Crippen LogP contribution in [0.25, 0.3) is 11.1 Å². The molecule has 8 heteroatoms. The highest BCUT2D eigenvalue weighted by molar-refractivity contribution is 6.32. The molecule has 0 bridgehead atoms. The summed E-state index contributed by atoms with van der Waals surface area (Å²) in [6.45, 7) is 2.86. The number of benzene rings is 2. The van der Waals surface area contributed by atoms with E-state index in [-0.39, 0.29) is 5.91 Å². The van der Waals surface area contributed by atoms with Gasteiger partial charge < -0.3 is 20.1 Å². The van der Waals surface area contributed by atoms with Crippen molar-refractivity contribution in [2.24, 2.45) is 0 Å². The Balaban J connectivity index is 1.79. The zero-order valence-electron chi connectivity index (χ0n) is 16.2. The molecule has 0 spiro atoms. The summed E-state index contributed by atoms with van der Waals surface area (Å²) in [5, 5.41) is 5.37. The predicted molar refractivity (Wildman–Crippen MR) is 110 cm³/mol. The van der Waals surface area contributed by atoms with Gasteiger partial charge in [-0.3, -0.25) is 9.59 Å². The number of hydrogen-bond acceptors (Lipinski definition) is 5. The molecule has 0 aliphatic heterocycles. The molecule has 0 saturated carbocycles. The van der Waals surface area contributed by atoms with Crippen LogP contribution in [0.2, 0.25) is 5.02 Å². The van der Waals surface area contributed by atoms with Crippen molar-refractivity contribution in [3.05, 3.63) is 53.6 Å². The van der Waals surface area contributed by atoms with E-state index in [1.807, 2.05) is 36.4 Å². The van der Waals surface area contributed by atoms with Crippen LogP contribution in [-0.4, -0.2) is 43.6 Å². The van der Waals surface area contributed by atoms with E-state index in [1.165, 1.54) is 6.92 Å². The van der Waals surface area contributed by atoms with Gasteiger partial charge in [-0.15, -0.1) is 0 Å². The third-order valence-electron chi connectivity index (χ3n) is 3.87. The molecule has 154 valence electrons. The molecule has 2 aromatic carbocycles. The summed E-state index contributed by atoms with van der Waals surface area (Å²) in [6.07, 6.45) is 0. The lowest BCUT2D eigenvalue weighted by Gasteiger charge is -2.13. The second kappa shape index (κ2) is 11.1. The maximum absolute atomic E-state index is 11.8. The standard InChI is InChI=1S/C21H23ClN2O5/c1-3-23-21(27)14(2)24-19(25)12-29-20(26)13-28-18-10-9-16(11-17(18)22)15-7-5-4-6-8-15/h4-11,14H,3,12-13H2,1-2H3,(H,23,27)(H,24,25)/t14-/m0/s1. The number of hydrogen-bond donors (Lipinski definition) is 2. The molecule has 0 radical (unpaired) electrons. The summed E-state index contributed by atoms with van der Waals surface area (Å²) in [4.78, 5) is 35.1. The van der Waals surface area contributed by atoms with E-state index in [1.54, 1.807) is 19.1 Å². The quantitative estimate of drug-likeness (QED) is 0.610. The van der Waals surface area contributed by atoms with E-state index in [0.717, 1.165) is 11.1 Å². The highest BCUT2D eigenvalue weighted by Crippen LogP contribution is 2.30. The number of ether oxygens (including phenoxy) is 2. The Morgan fingerprint density at radius 1 is 1.03 bits per heavy atom. The van der Waals surface area contributed by atoms with Gasteiger partial charge in [-0.2, -0.15) is 0 Å². The number of halogens is 1. The van der Waals surface area contributed by atoms with Crippen LogP contribution in [0.1, 0.15) is 13.8 Å². The Kier molecular flexibility index (Phi) is 8.48. The molecule has 0 fully saturated rings. The van der Waals surface area contributed by atoms with Crippen molar-refractivity contribution < 1.29 is 23.9 Å². The predicted octanol–water partition coefficient (Wildman–Crippen LogP) is 2.57. The molecule has 2 aromatic rings. The third-order valence-corrected chi connectivity index (χ3v) is 4.17. The zero-order valence-corrected chi connectivity index (χ0v) is 17.0. The van der Waals surface area contributed by atoms with Crippen LogP contribution in [0, 0.1) is 0 Å². The first-order chi connectivity index (χ1) is 13.9. The number of amides is 2. The molecule has 1 atom stereocenters. The number of esters is 1. The van der Waals surface area contributed by atoms with E-state index in [4.69, 9.17) is 21.1 Å². The zero-order chi connectivity index (χ0) is 21.2. The van der Waals surface area contributed by atoms with Crippen LogP contribution >= 0.6 is 11.6 Å². The lowest BCUT2D eigenvalue weighted by atomic mass is 10.1. The summed E-state index contributed by atoms with van der Waals surface area (Å²) in [7, 11) is 0. The van der Waals surface area contributed by atoms with Gasteiger partial charge >= 0.3 is 5.97 Å². The monoisotopic (exact) mass is 418 g/mol. The van der Waals surface area contributed by atoms with Gasteiger partial charge in [0.05, 0.1) is 5.02 Å². The van der Waals surface area contributed by atoms with E-state index in [2.05, 4.69) is 10.6 Å². The maximum Gasteiger partial charge on any atom is 0.344 e. The number of nitrogens with one attached hydrogen (secondary N) is 2. The Labute approximate surface area is 174 Å². The largest absolute Gasteiger partial charge is 0.480 e. The van der Waals surface area contributed by atoms with E-state index in [9.17, 15) is 14.4 Å². The van der Waals surface area contributed by atoms with Crippen LogP contribution in [-0.2, 0) is 19.1 Å². The highest BCUT2D eigenvalue weighted by Gasteiger charge is 2.16. The Hall–Kier alpha value is -3.06. The molecule has 2 N–H and O–H groups in total. The van der Waals surface area contributed by atoms with Crippen molar-refractivity contribution >= 4 is 29.4 Å².